The second-order valence-corrected chi connectivity index (χ2v) is 4.41. The average molecular weight is 144 g/mol. The maximum atomic E-state index is 4.35. The molecule has 1 unspecified atom stereocenters. The van der Waals surface area contributed by atoms with Crippen LogP contribution in [0.25, 0.3) is 0 Å². The highest BCUT2D eigenvalue weighted by atomic mass is 32.1. The van der Waals surface area contributed by atoms with Gasteiger partial charge in [-0.3, -0.25) is 0 Å². The quantitative estimate of drug-likeness (QED) is 0.566. The van der Waals surface area contributed by atoms with E-state index >= 15 is 0 Å². The monoisotopic (exact) mass is 144 g/mol. The molecule has 0 bridgehead atoms. The molecule has 1 saturated carbocycles. The fourth-order valence-electron chi connectivity index (χ4n) is 1.74. The van der Waals surface area contributed by atoms with E-state index in [-0.39, 0.29) is 0 Å². The number of thiol groups is 1. The van der Waals surface area contributed by atoms with Crippen LogP contribution >= 0.6 is 12.6 Å². The van der Waals surface area contributed by atoms with Crippen molar-refractivity contribution in [3.63, 3.8) is 0 Å². The molecule has 0 aromatic carbocycles. The molecule has 0 spiro atoms. The summed E-state index contributed by atoms with van der Waals surface area (Å²) in [4.78, 5) is 0. The highest BCUT2D eigenvalue weighted by Gasteiger charge is 2.25. The minimum absolute atomic E-state index is 0.613. The second-order valence-electron chi connectivity index (χ2n) is 3.53. The standard InChI is InChI=1S/C8H16S/c1-6-3-8(4-6)5-7(2)9/h6-9H,3-5H2,1-2H3. The molecule has 1 atom stereocenters. The molecule has 0 saturated heterocycles. The highest BCUT2D eigenvalue weighted by Crippen LogP contribution is 2.36. The SMILES string of the molecule is CC(S)CC1CC(C)C1. The Labute approximate surface area is 63.4 Å². The van der Waals surface area contributed by atoms with E-state index in [0.717, 1.165) is 11.8 Å². The molecule has 1 rings (SSSR count). The predicted octanol–water partition coefficient (Wildman–Crippen LogP) is 2.74. The van der Waals surface area contributed by atoms with Gasteiger partial charge in [0.25, 0.3) is 0 Å². The third kappa shape index (κ3) is 2.21. The van der Waals surface area contributed by atoms with Gasteiger partial charge in [-0.25, -0.2) is 0 Å². The summed E-state index contributed by atoms with van der Waals surface area (Å²) in [7, 11) is 0. The van der Waals surface area contributed by atoms with E-state index in [4.69, 9.17) is 0 Å². The lowest BCUT2D eigenvalue weighted by molar-refractivity contribution is 0.200. The van der Waals surface area contributed by atoms with Gasteiger partial charge in [-0.15, -0.1) is 0 Å². The van der Waals surface area contributed by atoms with Crippen molar-refractivity contribution in [2.45, 2.75) is 38.4 Å². The van der Waals surface area contributed by atoms with Crippen molar-refractivity contribution in [2.24, 2.45) is 11.8 Å². The lowest BCUT2D eigenvalue weighted by Crippen LogP contribution is -2.22. The number of rotatable bonds is 2. The van der Waals surface area contributed by atoms with Gasteiger partial charge in [-0.2, -0.15) is 12.6 Å². The first-order valence-corrected chi connectivity index (χ1v) is 4.38. The highest BCUT2D eigenvalue weighted by molar-refractivity contribution is 7.80. The number of hydrogen-bond donors (Lipinski definition) is 1. The molecule has 0 amide bonds. The first-order valence-electron chi connectivity index (χ1n) is 3.86. The van der Waals surface area contributed by atoms with Crippen molar-refractivity contribution >= 4 is 12.6 Å². The molecule has 0 radical (unpaired) electrons. The maximum absolute atomic E-state index is 4.35. The zero-order valence-corrected chi connectivity index (χ0v) is 7.20. The van der Waals surface area contributed by atoms with Crippen molar-refractivity contribution in [1.82, 2.24) is 0 Å². The molecular formula is C8H16S. The Bertz CT molecular complexity index is 82.6. The van der Waals surface area contributed by atoms with Crippen molar-refractivity contribution in [1.29, 1.82) is 0 Å². The van der Waals surface area contributed by atoms with Gasteiger partial charge in [0.1, 0.15) is 0 Å². The van der Waals surface area contributed by atoms with Gasteiger partial charge in [0.2, 0.25) is 0 Å². The van der Waals surface area contributed by atoms with Gasteiger partial charge in [0.15, 0.2) is 0 Å². The molecule has 0 aromatic rings. The summed E-state index contributed by atoms with van der Waals surface area (Å²) in [5.41, 5.74) is 0. The Hall–Kier alpha value is 0.350. The lowest BCUT2D eigenvalue weighted by atomic mass is 9.74. The van der Waals surface area contributed by atoms with E-state index in [2.05, 4.69) is 26.5 Å². The number of hydrogen-bond acceptors (Lipinski definition) is 1. The lowest BCUT2D eigenvalue weighted by Gasteiger charge is -2.33. The van der Waals surface area contributed by atoms with Crippen LogP contribution in [0.15, 0.2) is 0 Å². The van der Waals surface area contributed by atoms with Crippen molar-refractivity contribution in [2.75, 3.05) is 0 Å². The molecule has 54 valence electrons. The van der Waals surface area contributed by atoms with Gasteiger partial charge in [-0.05, 0) is 36.3 Å². The largest absolute Gasteiger partial charge is 0.176 e. The van der Waals surface area contributed by atoms with Gasteiger partial charge in [0.05, 0.1) is 0 Å². The Kier molecular flexibility index (Phi) is 2.45. The van der Waals surface area contributed by atoms with E-state index < -0.39 is 0 Å². The van der Waals surface area contributed by atoms with Gasteiger partial charge in [-0.1, -0.05) is 13.8 Å². The van der Waals surface area contributed by atoms with Crippen LogP contribution in [0.2, 0.25) is 0 Å². The molecule has 0 nitrogen and oxygen atoms in total. The third-order valence-electron chi connectivity index (χ3n) is 2.15. The first-order chi connectivity index (χ1) is 4.18. The average Bonchev–Trinajstić information content (AvgIpc) is 1.60. The van der Waals surface area contributed by atoms with Crippen LogP contribution in [0, 0.1) is 11.8 Å². The normalized spacial score (nSPS) is 37.7. The fourth-order valence-corrected chi connectivity index (χ4v) is 2.04. The Morgan fingerprint density at radius 3 is 2.44 bits per heavy atom. The van der Waals surface area contributed by atoms with Crippen LogP contribution < -0.4 is 0 Å². The molecule has 0 heterocycles. The zero-order chi connectivity index (χ0) is 6.85. The summed E-state index contributed by atoms with van der Waals surface area (Å²) >= 11 is 4.35. The van der Waals surface area contributed by atoms with Crippen LogP contribution in [-0.2, 0) is 0 Å². The van der Waals surface area contributed by atoms with Crippen LogP contribution in [-0.4, -0.2) is 5.25 Å². The minimum atomic E-state index is 0.613. The summed E-state index contributed by atoms with van der Waals surface area (Å²) in [6, 6.07) is 0. The molecule has 0 N–H and O–H groups in total. The van der Waals surface area contributed by atoms with Crippen LogP contribution in [0.1, 0.15) is 33.1 Å². The minimum Gasteiger partial charge on any atom is -0.176 e. The van der Waals surface area contributed by atoms with E-state index in [9.17, 15) is 0 Å². The van der Waals surface area contributed by atoms with Crippen LogP contribution in [0.5, 0.6) is 0 Å². The van der Waals surface area contributed by atoms with Gasteiger partial charge < -0.3 is 0 Å². The molecule has 0 aliphatic heterocycles. The molecule has 1 aliphatic carbocycles. The fraction of sp³-hybridized carbons (Fsp3) is 1.00. The summed E-state index contributed by atoms with van der Waals surface area (Å²) in [6.45, 7) is 4.52. The predicted molar refractivity (Wildman–Crippen MR) is 45.0 cm³/mol. The smallest absolute Gasteiger partial charge is 0.000895 e. The maximum Gasteiger partial charge on any atom is -0.000895 e. The molecule has 1 aliphatic rings. The zero-order valence-electron chi connectivity index (χ0n) is 6.30. The van der Waals surface area contributed by atoms with E-state index in [1.165, 1.54) is 19.3 Å². The molecule has 9 heavy (non-hydrogen) atoms. The van der Waals surface area contributed by atoms with Crippen molar-refractivity contribution in [3.8, 4) is 0 Å². The van der Waals surface area contributed by atoms with E-state index in [1.807, 2.05) is 0 Å². The summed E-state index contributed by atoms with van der Waals surface area (Å²) < 4.78 is 0. The topological polar surface area (TPSA) is 0 Å². The van der Waals surface area contributed by atoms with Crippen molar-refractivity contribution < 1.29 is 0 Å². The summed E-state index contributed by atoms with van der Waals surface area (Å²) in [6.07, 6.45) is 4.23. The van der Waals surface area contributed by atoms with Gasteiger partial charge in [0, 0.05) is 0 Å². The molecule has 0 aromatic heterocycles. The second kappa shape index (κ2) is 2.96. The van der Waals surface area contributed by atoms with Crippen LogP contribution in [0.3, 0.4) is 0 Å². The Morgan fingerprint density at radius 1 is 1.56 bits per heavy atom. The Balaban J connectivity index is 2.04. The van der Waals surface area contributed by atoms with E-state index in [1.54, 1.807) is 0 Å². The van der Waals surface area contributed by atoms with E-state index in [0.29, 0.717) is 5.25 Å². The van der Waals surface area contributed by atoms with Crippen LogP contribution in [0.4, 0.5) is 0 Å². The molecule has 1 fully saturated rings. The molecule has 1 heteroatoms. The molecular weight excluding hydrogens is 128 g/mol. The third-order valence-corrected chi connectivity index (χ3v) is 2.36. The Morgan fingerprint density at radius 2 is 2.11 bits per heavy atom. The summed E-state index contributed by atoms with van der Waals surface area (Å²) in [5, 5.41) is 0.613. The van der Waals surface area contributed by atoms with Gasteiger partial charge >= 0.3 is 0 Å². The van der Waals surface area contributed by atoms with Crippen molar-refractivity contribution in [3.05, 3.63) is 0 Å². The first kappa shape index (κ1) is 7.46. The summed E-state index contributed by atoms with van der Waals surface area (Å²) in [5.74, 6) is 2.01.